The van der Waals surface area contributed by atoms with E-state index >= 15 is 0 Å². The maximum Gasteiger partial charge on any atom is 0.408 e. The van der Waals surface area contributed by atoms with Crippen molar-refractivity contribution in [2.75, 3.05) is 39.5 Å². The summed E-state index contributed by atoms with van der Waals surface area (Å²) in [5.41, 5.74) is -4.42. The number of alkyl carbamates (subject to hydrolysis) is 2. The number of nitrogens with one attached hydrogen (secondary N) is 6. The average molecular weight is 1250 g/mol. The number of amides is 8. The molecule has 0 unspecified atom stereocenters. The van der Waals surface area contributed by atoms with Crippen molar-refractivity contribution in [1.82, 2.24) is 40.5 Å². The molecule has 10 atom stereocenters. The van der Waals surface area contributed by atoms with E-state index in [9.17, 15) is 65.1 Å². The molecule has 9 rings (SSSR count). The van der Waals surface area contributed by atoms with Crippen molar-refractivity contribution < 1.29 is 88.8 Å². The number of sulfonamides is 2. The van der Waals surface area contributed by atoms with Gasteiger partial charge in [-0.15, -0.1) is 0 Å². The molecule has 8 amide bonds. The molecule has 0 radical (unpaired) electrons. The molecule has 474 valence electrons. The fourth-order valence-electron chi connectivity index (χ4n) is 10.7. The lowest BCUT2D eigenvalue weighted by Gasteiger charge is -2.30. The number of fused-ring (bicyclic) bond motifs is 4. The zero-order valence-electron chi connectivity index (χ0n) is 49.2. The van der Waals surface area contributed by atoms with E-state index in [1.165, 1.54) is 9.80 Å². The molecule has 6 fully saturated rings. The van der Waals surface area contributed by atoms with Crippen molar-refractivity contribution in [2.24, 2.45) is 11.8 Å². The van der Waals surface area contributed by atoms with Gasteiger partial charge in [0, 0.05) is 44.4 Å². The highest BCUT2D eigenvalue weighted by Gasteiger charge is 2.63. The number of rotatable bonds is 10. The number of hydrogen-bond donors (Lipinski definition) is 7. The van der Waals surface area contributed by atoms with Crippen molar-refractivity contribution in [2.45, 2.75) is 188 Å². The Hall–Kier alpha value is -6.69. The van der Waals surface area contributed by atoms with Crippen LogP contribution in [0.15, 0.2) is 54.6 Å². The summed E-state index contributed by atoms with van der Waals surface area (Å²) in [5.74, 6) is -5.90. The van der Waals surface area contributed by atoms with Crippen LogP contribution in [-0.2, 0) is 72.5 Å². The molecule has 4 aliphatic carbocycles. The first-order valence-corrected chi connectivity index (χ1v) is 32.3. The number of carbonyl (C=O) groups excluding carboxylic acids is 9. The Kier molecular flexibility index (Phi) is 20.0. The Balaban J connectivity index is 0.000000227. The molecule has 4 heterocycles. The molecule has 27 nitrogen and oxygen atoms in total. The van der Waals surface area contributed by atoms with Crippen molar-refractivity contribution in [1.29, 1.82) is 0 Å². The van der Waals surface area contributed by atoms with E-state index in [0.29, 0.717) is 38.5 Å². The van der Waals surface area contributed by atoms with Crippen LogP contribution in [-0.4, -0.2) is 194 Å². The van der Waals surface area contributed by atoms with Crippen LogP contribution < -0.4 is 30.7 Å². The van der Waals surface area contributed by atoms with Gasteiger partial charge in [-0.3, -0.25) is 38.2 Å². The Morgan fingerprint density at radius 2 is 1.06 bits per heavy atom. The van der Waals surface area contributed by atoms with Gasteiger partial charge >= 0.3 is 18.2 Å². The van der Waals surface area contributed by atoms with Gasteiger partial charge in [0.25, 0.3) is 11.8 Å². The first kappa shape index (κ1) is 65.3. The standard InChI is InChI=1S/C32H42N4O10S.C25H38N4O9S/c1-31(2,3)46-30(41)33-24-12-8-16-44-15-7-11-21-18-32(21,29(40)35-47(42,43)23-13-14-23)34-26(37)25-17-22(19-36(25)27(24)38)45-28(39)20-9-5-4-6-10-20;1-24(2,3)38-23(34)26-18-7-5-11-37-10-4-6-15-13-25(15,22(33)28-39(35,36)17-8-9-17)27-20(31)19-12-16(30)14-29(19)21(18)32/h4-7,9-11,21-25H,8,12-19H2,1-3H3,(H,33,41)(H,34,37)(H,35,40);4,6,15-19,30H,5,7-14H2,1-3H3,(H,26,34)(H,27,31)(H,28,33)/b11-7-;6-4-/t21-,22-,24+,25+,32-;15-,16-,18+,19+,25-/m11/s1. The highest BCUT2D eigenvalue weighted by Crippen LogP contribution is 2.47. The van der Waals surface area contributed by atoms with Crippen molar-refractivity contribution in [3.8, 4) is 0 Å². The Bertz CT molecular complexity index is 3050. The van der Waals surface area contributed by atoms with Gasteiger partial charge in [0.1, 0.15) is 52.6 Å². The third kappa shape index (κ3) is 16.9. The molecule has 0 spiro atoms. The van der Waals surface area contributed by atoms with Gasteiger partial charge in [-0.2, -0.15) is 0 Å². The number of nitrogens with zero attached hydrogens (tertiary/aromatic N) is 2. The number of ether oxygens (including phenoxy) is 5. The lowest BCUT2D eigenvalue weighted by Crippen LogP contribution is -2.58. The Morgan fingerprint density at radius 1 is 0.628 bits per heavy atom. The summed E-state index contributed by atoms with van der Waals surface area (Å²) in [6.45, 7) is 10.8. The molecule has 86 heavy (non-hydrogen) atoms. The molecular formula is C57H80N8O19S2. The summed E-state index contributed by atoms with van der Waals surface area (Å²) in [7, 11) is -7.76. The summed E-state index contributed by atoms with van der Waals surface area (Å²) in [4.78, 5) is 122. The number of aliphatic hydroxyl groups is 1. The van der Waals surface area contributed by atoms with Gasteiger partial charge < -0.3 is 59.9 Å². The van der Waals surface area contributed by atoms with Gasteiger partial charge in [0.2, 0.25) is 43.7 Å². The minimum Gasteiger partial charge on any atom is -0.457 e. The first-order chi connectivity index (χ1) is 40.4. The molecule has 29 heteroatoms. The number of hydrogen-bond acceptors (Lipinski definition) is 19. The Labute approximate surface area is 500 Å². The summed E-state index contributed by atoms with van der Waals surface area (Å²) < 4.78 is 82.2. The highest BCUT2D eigenvalue weighted by molar-refractivity contribution is 7.91. The van der Waals surface area contributed by atoms with Crippen LogP contribution >= 0.6 is 0 Å². The molecule has 4 saturated carbocycles. The minimum absolute atomic E-state index is 0.0710. The maximum atomic E-state index is 14.1. The highest BCUT2D eigenvalue weighted by atomic mass is 32.2. The molecule has 7 N–H and O–H groups in total. The van der Waals surface area contributed by atoms with E-state index in [0.717, 1.165) is 0 Å². The van der Waals surface area contributed by atoms with E-state index in [1.54, 1.807) is 96.2 Å². The lowest BCUT2D eigenvalue weighted by molar-refractivity contribution is -0.141. The topological polar surface area (TPSA) is 367 Å². The molecule has 1 aromatic rings. The third-order valence-corrected chi connectivity index (χ3v) is 19.3. The predicted molar refractivity (Wildman–Crippen MR) is 305 cm³/mol. The predicted octanol–water partition coefficient (Wildman–Crippen LogP) is 1.25. The smallest absolute Gasteiger partial charge is 0.408 e. The molecule has 0 aromatic heterocycles. The van der Waals surface area contributed by atoms with Gasteiger partial charge in [-0.1, -0.05) is 42.5 Å². The normalized spacial score (nSPS) is 30.9. The van der Waals surface area contributed by atoms with Gasteiger partial charge in [-0.05, 0) is 118 Å². The van der Waals surface area contributed by atoms with Crippen LogP contribution in [0.3, 0.4) is 0 Å². The van der Waals surface area contributed by atoms with Gasteiger partial charge in [-0.25, -0.2) is 31.2 Å². The fraction of sp³-hybridized carbons (Fsp3) is 0.667. The van der Waals surface area contributed by atoms with Crippen LogP contribution in [0.4, 0.5) is 9.59 Å². The summed E-state index contributed by atoms with van der Waals surface area (Å²) in [6, 6.07) is 3.79. The number of esters is 1. The van der Waals surface area contributed by atoms with Crippen LogP contribution in [0, 0.1) is 11.8 Å². The largest absolute Gasteiger partial charge is 0.457 e. The van der Waals surface area contributed by atoms with Gasteiger partial charge in [0.15, 0.2) is 0 Å². The van der Waals surface area contributed by atoms with Crippen molar-refractivity contribution in [3.63, 3.8) is 0 Å². The van der Waals surface area contributed by atoms with E-state index in [4.69, 9.17) is 23.7 Å². The summed E-state index contributed by atoms with van der Waals surface area (Å²) in [5, 5.41) is 19.7. The number of aliphatic hydroxyl groups excluding tert-OH is 1. The summed E-state index contributed by atoms with van der Waals surface area (Å²) in [6.07, 6.45) is 6.47. The molecule has 4 aliphatic heterocycles. The third-order valence-electron chi connectivity index (χ3n) is 15.6. The van der Waals surface area contributed by atoms with Crippen LogP contribution in [0.5, 0.6) is 0 Å². The van der Waals surface area contributed by atoms with Crippen LogP contribution in [0.1, 0.15) is 129 Å². The molecule has 2 saturated heterocycles. The van der Waals surface area contributed by atoms with E-state index in [1.807, 2.05) is 0 Å². The SMILES string of the molecule is CC(C)(C)OC(=O)N[C@H]1CCCOC/C=C\[C@@H]2C[C@@]2(C(=O)NS(=O)(=O)C2CC2)NC(=O)[C@@H]2C[C@@H](O)CN2C1=O.CC(C)(C)OC(=O)N[C@H]1CCCOC/C=C\[C@@H]2C[C@@]2(C(=O)NS(=O)(=O)C2CC2)NC(=O)[C@@H]2C[C@@H](OC(=O)c3ccccc3)CN2C1=O. The van der Waals surface area contributed by atoms with Crippen molar-refractivity contribution in [3.05, 3.63) is 60.2 Å². The second-order valence-electron chi connectivity index (χ2n) is 25.1. The van der Waals surface area contributed by atoms with Gasteiger partial charge in [0.05, 0.1) is 41.9 Å². The maximum absolute atomic E-state index is 14.1. The minimum atomic E-state index is -3.91. The zero-order valence-corrected chi connectivity index (χ0v) is 50.8. The second-order valence-corrected chi connectivity index (χ2v) is 29.0. The average Bonchev–Trinajstić information content (AvgIpc) is 1.71. The fourth-order valence-corrected chi connectivity index (χ4v) is 13.5. The summed E-state index contributed by atoms with van der Waals surface area (Å²) >= 11 is 0. The van der Waals surface area contributed by atoms with E-state index in [-0.39, 0.29) is 83.6 Å². The molecule has 8 aliphatic rings. The van der Waals surface area contributed by atoms with Crippen LogP contribution in [0.25, 0.3) is 0 Å². The second kappa shape index (κ2) is 26.3. The first-order valence-electron chi connectivity index (χ1n) is 29.2. The van der Waals surface area contributed by atoms with Crippen LogP contribution in [0.2, 0.25) is 0 Å². The lowest BCUT2D eigenvalue weighted by atomic mass is 10.1. The molecular weight excluding hydrogens is 1160 g/mol. The van der Waals surface area contributed by atoms with E-state index in [2.05, 4.69) is 30.7 Å². The Morgan fingerprint density at radius 3 is 1.49 bits per heavy atom. The van der Waals surface area contributed by atoms with Crippen molar-refractivity contribution >= 4 is 73.6 Å². The van der Waals surface area contributed by atoms with E-state index < -0.39 is 155 Å². The number of carbonyl (C=O) groups is 9. The number of benzene rings is 1. The zero-order chi connectivity index (χ0) is 62.6. The molecule has 1 aromatic carbocycles. The molecule has 0 bridgehead atoms. The monoisotopic (exact) mass is 1240 g/mol. The quantitative estimate of drug-likeness (QED) is 0.0984.